The van der Waals surface area contributed by atoms with Gasteiger partial charge in [-0.25, -0.2) is 0 Å². The zero-order valence-corrected chi connectivity index (χ0v) is 14.8. The molecule has 0 amide bonds. The Hall–Kier alpha value is -2.38. The maximum absolute atomic E-state index is 12.6. The number of nitriles is 1. The summed E-state index contributed by atoms with van der Waals surface area (Å²) in [7, 11) is 0. The number of aromatic nitrogens is 1. The Bertz CT molecular complexity index is 757. The first-order valence-corrected chi connectivity index (χ1v) is 9.07. The molecule has 0 N–H and O–H groups in total. The maximum atomic E-state index is 12.6. The van der Waals surface area contributed by atoms with Crippen LogP contribution in [0.15, 0.2) is 42.6 Å². The summed E-state index contributed by atoms with van der Waals surface area (Å²) in [5.74, 6) is 0.470. The summed E-state index contributed by atoms with van der Waals surface area (Å²) in [6.45, 7) is 5.51. The highest BCUT2D eigenvalue weighted by Crippen LogP contribution is 2.21. The fraction of sp³-hybridized carbons (Fsp3) is 0.429. The molecule has 1 fully saturated rings. The van der Waals surface area contributed by atoms with E-state index in [1.165, 1.54) is 0 Å². The van der Waals surface area contributed by atoms with Crippen LogP contribution >= 0.6 is 0 Å². The second-order valence-corrected chi connectivity index (χ2v) is 6.83. The Morgan fingerprint density at radius 3 is 2.76 bits per heavy atom. The molecule has 4 nitrogen and oxygen atoms in total. The minimum Gasteiger partial charge on any atom is -0.339 e. The summed E-state index contributed by atoms with van der Waals surface area (Å²) >= 11 is 0. The van der Waals surface area contributed by atoms with E-state index in [4.69, 9.17) is 0 Å². The zero-order chi connectivity index (χ0) is 17.6. The lowest BCUT2D eigenvalue weighted by atomic mass is 9.90. The van der Waals surface area contributed by atoms with E-state index in [0.717, 1.165) is 50.1 Å². The molecule has 25 heavy (non-hydrogen) atoms. The molecule has 3 rings (SSSR count). The van der Waals surface area contributed by atoms with Gasteiger partial charge in [0, 0.05) is 38.2 Å². The summed E-state index contributed by atoms with van der Waals surface area (Å²) in [5, 5.41) is 9.19. The van der Waals surface area contributed by atoms with Gasteiger partial charge in [0.15, 0.2) is 0 Å². The topological polar surface area (TPSA) is 49.0 Å². The van der Waals surface area contributed by atoms with E-state index in [2.05, 4.69) is 17.2 Å². The molecular weight excluding hydrogens is 310 g/mol. The van der Waals surface area contributed by atoms with Crippen molar-refractivity contribution >= 4 is 5.78 Å². The Kier molecular flexibility index (Phi) is 5.67. The molecule has 4 heteroatoms. The van der Waals surface area contributed by atoms with Crippen LogP contribution in [0.25, 0.3) is 0 Å². The molecule has 130 valence electrons. The maximum Gasteiger partial charge on any atom is 0.141 e. The number of piperidine rings is 1. The van der Waals surface area contributed by atoms with Gasteiger partial charge in [-0.3, -0.25) is 9.69 Å². The molecule has 1 atom stereocenters. The standard InChI is InChI=1S/C21H25N3O/c1-2-24-15-18(11-20(24)13-22)14-23-10-6-9-19(16-23)21(25)12-17-7-4-3-5-8-17/h3-5,7-8,11,15,19H,2,6,9-10,12,14,16H2,1H3/t19-/m1/s1. The number of carbonyl (C=O) groups excluding carboxylic acids is 1. The van der Waals surface area contributed by atoms with E-state index in [1.807, 2.05) is 47.9 Å². The largest absolute Gasteiger partial charge is 0.339 e. The third-order valence-electron chi connectivity index (χ3n) is 5.00. The number of likely N-dealkylation sites (tertiary alicyclic amines) is 1. The van der Waals surface area contributed by atoms with E-state index >= 15 is 0 Å². The van der Waals surface area contributed by atoms with Crippen LogP contribution in [0.3, 0.4) is 0 Å². The summed E-state index contributed by atoms with van der Waals surface area (Å²) in [5.41, 5.74) is 2.98. The molecule has 1 aliphatic heterocycles. The number of Topliss-reactive ketones (excluding diaryl/α,β-unsaturated/α-hetero) is 1. The molecule has 1 saturated heterocycles. The summed E-state index contributed by atoms with van der Waals surface area (Å²) in [4.78, 5) is 15.0. The second-order valence-electron chi connectivity index (χ2n) is 6.83. The van der Waals surface area contributed by atoms with Crippen molar-refractivity contribution in [3.63, 3.8) is 0 Å². The van der Waals surface area contributed by atoms with E-state index < -0.39 is 0 Å². The number of hydrogen-bond donors (Lipinski definition) is 0. The number of benzene rings is 1. The molecule has 1 aromatic heterocycles. The van der Waals surface area contributed by atoms with Crippen molar-refractivity contribution in [2.75, 3.05) is 13.1 Å². The van der Waals surface area contributed by atoms with Crippen LogP contribution in [0.1, 0.15) is 36.6 Å². The number of hydrogen-bond acceptors (Lipinski definition) is 3. The van der Waals surface area contributed by atoms with Crippen LogP contribution in [0.2, 0.25) is 0 Å². The third kappa shape index (κ3) is 4.37. The molecule has 0 spiro atoms. The fourth-order valence-electron chi connectivity index (χ4n) is 3.67. The van der Waals surface area contributed by atoms with Crippen LogP contribution in [-0.4, -0.2) is 28.3 Å². The number of carbonyl (C=O) groups is 1. The third-order valence-corrected chi connectivity index (χ3v) is 5.00. The lowest BCUT2D eigenvalue weighted by Gasteiger charge is -2.31. The van der Waals surface area contributed by atoms with Crippen LogP contribution in [0, 0.1) is 17.2 Å². The fourth-order valence-corrected chi connectivity index (χ4v) is 3.67. The van der Waals surface area contributed by atoms with E-state index in [0.29, 0.717) is 17.9 Å². The van der Waals surface area contributed by atoms with Crippen molar-refractivity contribution in [1.82, 2.24) is 9.47 Å². The number of ketones is 1. The molecular formula is C21H25N3O. The van der Waals surface area contributed by atoms with Gasteiger partial charge in [-0.1, -0.05) is 30.3 Å². The molecule has 0 saturated carbocycles. The van der Waals surface area contributed by atoms with Crippen LogP contribution < -0.4 is 0 Å². The van der Waals surface area contributed by atoms with Gasteiger partial charge in [0.2, 0.25) is 0 Å². The van der Waals surface area contributed by atoms with Crippen molar-refractivity contribution in [2.24, 2.45) is 5.92 Å². The first-order valence-electron chi connectivity index (χ1n) is 9.07. The molecule has 0 unspecified atom stereocenters. The van der Waals surface area contributed by atoms with Gasteiger partial charge in [-0.05, 0) is 43.5 Å². The van der Waals surface area contributed by atoms with E-state index in [9.17, 15) is 10.1 Å². The molecule has 2 heterocycles. The molecule has 0 aliphatic carbocycles. The summed E-state index contributed by atoms with van der Waals surface area (Å²) in [6.07, 6.45) is 4.64. The molecule has 1 aliphatic rings. The van der Waals surface area contributed by atoms with Crippen molar-refractivity contribution in [3.8, 4) is 6.07 Å². The second kappa shape index (κ2) is 8.13. The van der Waals surface area contributed by atoms with Gasteiger partial charge >= 0.3 is 0 Å². The first kappa shape index (κ1) is 17.4. The average Bonchev–Trinajstić information content (AvgIpc) is 3.04. The Labute approximate surface area is 149 Å². The lowest BCUT2D eigenvalue weighted by Crippen LogP contribution is -2.38. The molecule has 2 aromatic rings. The highest BCUT2D eigenvalue weighted by Gasteiger charge is 2.26. The Morgan fingerprint density at radius 2 is 2.08 bits per heavy atom. The van der Waals surface area contributed by atoms with Gasteiger partial charge in [-0.15, -0.1) is 0 Å². The minimum absolute atomic E-state index is 0.123. The molecule has 0 radical (unpaired) electrons. The van der Waals surface area contributed by atoms with Gasteiger partial charge in [0.05, 0.1) is 0 Å². The van der Waals surface area contributed by atoms with Crippen LogP contribution in [0.4, 0.5) is 0 Å². The quantitative estimate of drug-likeness (QED) is 0.813. The van der Waals surface area contributed by atoms with Gasteiger partial charge in [0.25, 0.3) is 0 Å². The molecule has 1 aromatic carbocycles. The van der Waals surface area contributed by atoms with Crippen LogP contribution in [-0.2, 0) is 24.3 Å². The summed E-state index contributed by atoms with van der Waals surface area (Å²) in [6, 6.07) is 14.2. The van der Waals surface area contributed by atoms with Crippen molar-refractivity contribution < 1.29 is 4.79 Å². The predicted octanol–water partition coefficient (Wildman–Crippen LogP) is 3.40. The van der Waals surface area contributed by atoms with Crippen LogP contribution in [0.5, 0.6) is 0 Å². The summed E-state index contributed by atoms with van der Waals surface area (Å²) < 4.78 is 1.98. The predicted molar refractivity (Wildman–Crippen MR) is 98.0 cm³/mol. The van der Waals surface area contributed by atoms with E-state index in [-0.39, 0.29) is 5.92 Å². The minimum atomic E-state index is 0.123. The Balaban J connectivity index is 1.60. The zero-order valence-electron chi connectivity index (χ0n) is 14.8. The van der Waals surface area contributed by atoms with Gasteiger partial charge in [-0.2, -0.15) is 5.26 Å². The number of aryl methyl sites for hydroxylation is 1. The van der Waals surface area contributed by atoms with E-state index in [1.54, 1.807) is 0 Å². The highest BCUT2D eigenvalue weighted by molar-refractivity contribution is 5.83. The Morgan fingerprint density at radius 1 is 1.28 bits per heavy atom. The van der Waals surface area contributed by atoms with Gasteiger partial charge in [0.1, 0.15) is 17.5 Å². The van der Waals surface area contributed by atoms with Crippen molar-refractivity contribution in [2.45, 2.75) is 39.3 Å². The SMILES string of the molecule is CCn1cc(CN2CCC[C@@H](C(=O)Cc3ccccc3)C2)cc1C#N. The smallest absolute Gasteiger partial charge is 0.141 e. The van der Waals surface area contributed by atoms with Gasteiger partial charge < -0.3 is 4.57 Å². The average molecular weight is 335 g/mol. The molecule has 0 bridgehead atoms. The van der Waals surface area contributed by atoms with Crippen molar-refractivity contribution in [1.29, 1.82) is 5.26 Å². The normalized spacial score (nSPS) is 18.0. The number of nitrogens with zero attached hydrogens (tertiary/aromatic N) is 3. The lowest BCUT2D eigenvalue weighted by molar-refractivity contribution is -0.123. The monoisotopic (exact) mass is 335 g/mol. The number of rotatable bonds is 6. The first-order chi connectivity index (χ1) is 12.2. The van der Waals surface area contributed by atoms with Crippen molar-refractivity contribution in [3.05, 3.63) is 59.4 Å². The highest BCUT2D eigenvalue weighted by atomic mass is 16.1.